The van der Waals surface area contributed by atoms with E-state index in [0.717, 1.165) is 11.4 Å². The molecule has 0 aliphatic heterocycles. The van der Waals surface area contributed by atoms with Crippen molar-refractivity contribution in [1.82, 2.24) is 14.8 Å². The van der Waals surface area contributed by atoms with E-state index in [1.807, 2.05) is 18.5 Å². The van der Waals surface area contributed by atoms with Gasteiger partial charge in [0.05, 0.1) is 18.6 Å². The molecule has 2 aromatic rings. The molecule has 1 N–H and O–H groups in total. The molecular formula is C11H15N3O2. The minimum absolute atomic E-state index is 0.244. The molecule has 0 spiro atoms. The summed E-state index contributed by atoms with van der Waals surface area (Å²) in [7, 11) is 0. The minimum Gasteiger partial charge on any atom is -0.472 e. The van der Waals surface area contributed by atoms with Crippen molar-refractivity contribution in [3.8, 4) is 0 Å². The van der Waals surface area contributed by atoms with Crippen molar-refractivity contribution in [2.24, 2.45) is 0 Å². The Kier molecular flexibility index (Phi) is 3.05. The molecule has 0 aromatic carbocycles. The molecular weight excluding hydrogens is 206 g/mol. The van der Waals surface area contributed by atoms with Crippen LogP contribution in [0, 0.1) is 0 Å². The highest BCUT2D eigenvalue weighted by molar-refractivity contribution is 5.11. The van der Waals surface area contributed by atoms with Gasteiger partial charge in [0.25, 0.3) is 0 Å². The predicted molar refractivity (Wildman–Crippen MR) is 57.8 cm³/mol. The first-order valence-electron chi connectivity index (χ1n) is 5.27. The van der Waals surface area contributed by atoms with Gasteiger partial charge in [-0.25, -0.2) is 9.67 Å². The zero-order chi connectivity index (χ0) is 11.5. The van der Waals surface area contributed by atoms with Crippen LogP contribution in [0.3, 0.4) is 0 Å². The Bertz CT molecular complexity index is 434. The molecule has 0 aliphatic rings. The van der Waals surface area contributed by atoms with Crippen LogP contribution in [-0.2, 0) is 6.42 Å². The van der Waals surface area contributed by atoms with Crippen LogP contribution in [0.15, 0.2) is 29.3 Å². The maximum absolute atomic E-state index is 9.95. The summed E-state index contributed by atoms with van der Waals surface area (Å²) < 4.78 is 6.74. The average molecular weight is 221 g/mol. The predicted octanol–water partition coefficient (Wildman–Crippen LogP) is 1.73. The van der Waals surface area contributed by atoms with Gasteiger partial charge >= 0.3 is 0 Å². The lowest BCUT2D eigenvalue weighted by Gasteiger charge is -2.11. The highest BCUT2D eigenvalue weighted by atomic mass is 16.3. The molecule has 0 saturated carbocycles. The SMILES string of the molecule is CC(C)n1ncnc1CC(O)c1ccoc1. The van der Waals surface area contributed by atoms with Crippen molar-refractivity contribution in [1.29, 1.82) is 0 Å². The number of hydrogen-bond donors (Lipinski definition) is 1. The van der Waals surface area contributed by atoms with Crippen molar-refractivity contribution < 1.29 is 9.52 Å². The molecule has 0 bridgehead atoms. The van der Waals surface area contributed by atoms with Crippen LogP contribution in [0.2, 0.25) is 0 Å². The van der Waals surface area contributed by atoms with Crippen molar-refractivity contribution in [3.05, 3.63) is 36.3 Å². The van der Waals surface area contributed by atoms with Crippen LogP contribution in [0.25, 0.3) is 0 Å². The molecule has 0 amide bonds. The van der Waals surface area contributed by atoms with E-state index < -0.39 is 6.10 Å². The van der Waals surface area contributed by atoms with Crippen molar-refractivity contribution in [2.45, 2.75) is 32.4 Å². The van der Waals surface area contributed by atoms with Crippen molar-refractivity contribution in [2.75, 3.05) is 0 Å². The minimum atomic E-state index is -0.597. The topological polar surface area (TPSA) is 64.1 Å². The third-order valence-corrected chi connectivity index (χ3v) is 2.44. The van der Waals surface area contributed by atoms with Gasteiger partial charge in [0.15, 0.2) is 0 Å². The third kappa shape index (κ3) is 2.14. The number of aliphatic hydroxyl groups is 1. The Labute approximate surface area is 93.7 Å². The standard InChI is InChI=1S/C11H15N3O2/c1-8(2)14-11(12-7-13-14)5-10(15)9-3-4-16-6-9/h3-4,6-8,10,15H,5H2,1-2H3. The molecule has 16 heavy (non-hydrogen) atoms. The van der Waals surface area contributed by atoms with Crippen LogP contribution >= 0.6 is 0 Å². The van der Waals surface area contributed by atoms with Gasteiger partial charge in [0.2, 0.25) is 0 Å². The van der Waals surface area contributed by atoms with Gasteiger partial charge in [-0.2, -0.15) is 5.10 Å². The first-order chi connectivity index (χ1) is 7.68. The summed E-state index contributed by atoms with van der Waals surface area (Å²) in [5.41, 5.74) is 0.762. The van der Waals surface area contributed by atoms with Gasteiger partial charge in [-0.05, 0) is 19.9 Å². The van der Waals surface area contributed by atoms with Gasteiger partial charge in [-0.15, -0.1) is 0 Å². The van der Waals surface area contributed by atoms with Crippen LogP contribution in [0.4, 0.5) is 0 Å². The number of aliphatic hydroxyl groups excluding tert-OH is 1. The number of hydrogen-bond acceptors (Lipinski definition) is 4. The van der Waals surface area contributed by atoms with Crippen LogP contribution in [0.1, 0.15) is 37.4 Å². The van der Waals surface area contributed by atoms with Crippen molar-refractivity contribution in [3.63, 3.8) is 0 Å². The van der Waals surface area contributed by atoms with E-state index in [2.05, 4.69) is 10.1 Å². The Balaban J connectivity index is 2.12. The van der Waals surface area contributed by atoms with Gasteiger partial charge in [0, 0.05) is 18.0 Å². The normalized spacial score (nSPS) is 13.2. The summed E-state index contributed by atoms with van der Waals surface area (Å²) in [6.45, 7) is 4.06. The molecule has 5 heteroatoms. The molecule has 1 unspecified atom stereocenters. The molecule has 0 radical (unpaired) electrons. The van der Waals surface area contributed by atoms with E-state index >= 15 is 0 Å². The Morgan fingerprint density at radius 2 is 2.31 bits per heavy atom. The molecule has 0 aliphatic carbocycles. The molecule has 2 rings (SSSR count). The Morgan fingerprint density at radius 1 is 1.50 bits per heavy atom. The maximum atomic E-state index is 9.95. The number of rotatable bonds is 4. The number of nitrogens with zero attached hydrogens (tertiary/aromatic N) is 3. The third-order valence-electron chi connectivity index (χ3n) is 2.44. The van der Waals surface area contributed by atoms with E-state index in [-0.39, 0.29) is 6.04 Å². The van der Waals surface area contributed by atoms with Gasteiger partial charge < -0.3 is 9.52 Å². The highest BCUT2D eigenvalue weighted by Crippen LogP contribution is 2.18. The summed E-state index contributed by atoms with van der Waals surface area (Å²) >= 11 is 0. The van der Waals surface area contributed by atoms with Gasteiger partial charge in [-0.1, -0.05) is 0 Å². The molecule has 0 saturated heterocycles. The summed E-state index contributed by atoms with van der Waals surface area (Å²) in [4.78, 5) is 4.15. The van der Waals surface area contributed by atoms with Crippen molar-refractivity contribution >= 4 is 0 Å². The Hall–Kier alpha value is -1.62. The molecule has 2 heterocycles. The second-order valence-electron chi connectivity index (χ2n) is 3.99. The lowest BCUT2D eigenvalue weighted by molar-refractivity contribution is 0.172. The van der Waals surface area contributed by atoms with Crippen LogP contribution < -0.4 is 0 Å². The van der Waals surface area contributed by atoms with Crippen LogP contribution in [0.5, 0.6) is 0 Å². The summed E-state index contributed by atoms with van der Waals surface area (Å²) in [6, 6.07) is 2.00. The molecule has 1 atom stereocenters. The van der Waals surface area contributed by atoms with Crippen LogP contribution in [-0.4, -0.2) is 19.9 Å². The fourth-order valence-corrected chi connectivity index (χ4v) is 1.61. The lowest BCUT2D eigenvalue weighted by Crippen LogP contribution is -2.11. The monoisotopic (exact) mass is 221 g/mol. The summed E-state index contributed by atoms with van der Waals surface area (Å²) in [6.07, 6.45) is 4.45. The lowest BCUT2D eigenvalue weighted by atomic mass is 10.1. The van der Waals surface area contributed by atoms with E-state index in [4.69, 9.17) is 4.42 Å². The summed E-state index contributed by atoms with van der Waals surface area (Å²) in [5.74, 6) is 0.781. The quantitative estimate of drug-likeness (QED) is 0.853. The van der Waals surface area contributed by atoms with E-state index in [1.54, 1.807) is 18.6 Å². The first kappa shape index (κ1) is 10.9. The average Bonchev–Trinajstić information content (AvgIpc) is 2.86. The first-order valence-corrected chi connectivity index (χ1v) is 5.27. The van der Waals surface area contributed by atoms with E-state index in [1.165, 1.54) is 6.33 Å². The Morgan fingerprint density at radius 3 is 2.94 bits per heavy atom. The van der Waals surface area contributed by atoms with Gasteiger partial charge in [0.1, 0.15) is 12.2 Å². The molecule has 0 fully saturated rings. The van der Waals surface area contributed by atoms with E-state index in [0.29, 0.717) is 6.42 Å². The molecule has 5 nitrogen and oxygen atoms in total. The maximum Gasteiger partial charge on any atom is 0.138 e. The fourth-order valence-electron chi connectivity index (χ4n) is 1.61. The smallest absolute Gasteiger partial charge is 0.138 e. The zero-order valence-electron chi connectivity index (χ0n) is 9.37. The summed E-state index contributed by atoms with van der Waals surface area (Å²) in [5, 5.41) is 14.1. The number of aromatic nitrogens is 3. The molecule has 86 valence electrons. The van der Waals surface area contributed by atoms with Gasteiger partial charge in [-0.3, -0.25) is 0 Å². The zero-order valence-corrected chi connectivity index (χ0v) is 9.37. The highest BCUT2D eigenvalue weighted by Gasteiger charge is 2.15. The largest absolute Gasteiger partial charge is 0.472 e. The second-order valence-corrected chi connectivity index (χ2v) is 3.99. The van der Waals surface area contributed by atoms with E-state index in [9.17, 15) is 5.11 Å². The second kappa shape index (κ2) is 4.49. The fraction of sp³-hybridized carbons (Fsp3) is 0.455. The number of furan rings is 1. The molecule has 2 aromatic heterocycles.